The third kappa shape index (κ3) is 3.02. The number of hydrogen-bond donors (Lipinski definition) is 0. The lowest BCUT2D eigenvalue weighted by molar-refractivity contribution is 0.949. The summed E-state index contributed by atoms with van der Waals surface area (Å²) < 4.78 is 0. The highest BCUT2D eigenvalue weighted by molar-refractivity contribution is 5.82. The highest BCUT2D eigenvalue weighted by atomic mass is 15.1. The van der Waals surface area contributed by atoms with Crippen LogP contribution in [0, 0.1) is 0 Å². The van der Waals surface area contributed by atoms with Gasteiger partial charge in [-0.1, -0.05) is 30.3 Å². The van der Waals surface area contributed by atoms with Crippen LogP contribution in [0.25, 0.3) is 0 Å². The molecule has 0 spiro atoms. The molecule has 1 aliphatic heterocycles. The first-order valence-electron chi connectivity index (χ1n) is 6.86. The molecule has 0 bridgehead atoms. The SMILES string of the molecule is C(=Nc1ccccc1)c1ccc(N2CCCC2)cc1. The molecule has 2 nitrogen and oxygen atoms in total. The van der Waals surface area contributed by atoms with E-state index in [4.69, 9.17) is 0 Å². The molecule has 1 heterocycles. The van der Waals surface area contributed by atoms with Gasteiger partial charge in [-0.15, -0.1) is 0 Å². The molecule has 3 rings (SSSR count). The van der Waals surface area contributed by atoms with Crippen molar-refractivity contribution in [1.29, 1.82) is 0 Å². The van der Waals surface area contributed by atoms with Crippen LogP contribution in [0.15, 0.2) is 59.6 Å². The molecule has 0 atom stereocenters. The van der Waals surface area contributed by atoms with E-state index in [0.717, 1.165) is 11.3 Å². The fraction of sp³-hybridized carbons (Fsp3) is 0.235. The predicted octanol–water partition coefficient (Wildman–Crippen LogP) is 4.04. The fourth-order valence-corrected chi connectivity index (χ4v) is 2.41. The highest BCUT2D eigenvalue weighted by Gasteiger charge is 2.11. The third-order valence-corrected chi connectivity index (χ3v) is 3.48. The quantitative estimate of drug-likeness (QED) is 0.751. The summed E-state index contributed by atoms with van der Waals surface area (Å²) in [7, 11) is 0. The largest absolute Gasteiger partial charge is 0.372 e. The van der Waals surface area contributed by atoms with Crippen LogP contribution in [0.3, 0.4) is 0 Å². The van der Waals surface area contributed by atoms with Crippen LogP contribution in [-0.2, 0) is 0 Å². The molecular formula is C17H18N2. The number of nitrogens with zero attached hydrogens (tertiary/aromatic N) is 2. The Morgan fingerprint density at radius 3 is 2.21 bits per heavy atom. The number of rotatable bonds is 3. The number of anilines is 1. The van der Waals surface area contributed by atoms with E-state index in [1.54, 1.807) is 0 Å². The van der Waals surface area contributed by atoms with Crippen molar-refractivity contribution >= 4 is 17.6 Å². The van der Waals surface area contributed by atoms with Gasteiger partial charge in [-0.3, -0.25) is 4.99 Å². The lowest BCUT2D eigenvalue weighted by atomic mass is 10.2. The Balaban J connectivity index is 1.70. The fourth-order valence-electron chi connectivity index (χ4n) is 2.41. The smallest absolute Gasteiger partial charge is 0.0629 e. The Kier molecular flexibility index (Phi) is 3.59. The minimum Gasteiger partial charge on any atom is -0.372 e. The summed E-state index contributed by atoms with van der Waals surface area (Å²) in [6, 6.07) is 18.7. The molecular weight excluding hydrogens is 232 g/mol. The van der Waals surface area contributed by atoms with Gasteiger partial charge in [0.05, 0.1) is 5.69 Å². The van der Waals surface area contributed by atoms with E-state index in [-0.39, 0.29) is 0 Å². The van der Waals surface area contributed by atoms with Gasteiger partial charge in [0.25, 0.3) is 0 Å². The molecule has 1 saturated heterocycles. The first-order valence-corrected chi connectivity index (χ1v) is 6.86. The zero-order valence-corrected chi connectivity index (χ0v) is 11.0. The molecule has 1 aliphatic rings. The molecule has 1 fully saturated rings. The summed E-state index contributed by atoms with van der Waals surface area (Å²) in [6.07, 6.45) is 4.55. The zero-order chi connectivity index (χ0) is 12.9. The summed E-state index contributed by atoms with van der Waals surface area (Å²) in [6.45, 7) is 2.38. The van der Waals surface area contributed by atoms with Crippen molar-refractivity contribution in [3.05, 3.63) is 60.2 Å². The van der Waals surface area contributed by atoms with E-state index in [0.29, 0.717) is 0 Å². The van der Waals surface area contributed by atoms with Gasteiger partial charge in [0.15, 0.2) is 0 Å². The second-order valence-electron chi connectivity index (χ2n) is 4.88. The summed E-state index contributed by atoms with van der Waals surface area (Å²) in [5, 5.41) is 0. The van der Waals surface area contributed by atoms with Crippen molar-refractivity contribution in [2.24, 2.45) is 4.99 Å². The minimum atomic E-state index is 0.992. The topological polar surface area (TPSA) is 15.6 Å². The molecule has 0 aliphatic carbocycles. The maximum absolute atomic E-state index is 4.47. The number of para-hydroxylation sites is 1. The molecule has 0 amide bonds. The Hall–Kier alpha value is -2.09. The van der Waals surface area contributed by atoms with Crippen LogP contribution in [0.1, 0.15) is 18.4 Å². The van der Waals surface area contributed by atoms with Crippen LogP contribution < -0.4 is 4.90 Å². The van der Waals surface area contributed by atoms with Crippen molar-refractivity contribution in [3.63, 3.8) is 0 Å². The number of hydrogen-bond acceptors (Lipinski definition) is 2. The van der Waals surface area contributed by atoms with Gasteiger partial charge >= 0.3 is 0 Å². The van der Waals surface area contributed by atoms with Gasteiger partial charge in [-0.05, 0) is 42.7 Å². The van der Waals surface area contributed by atoms with Gasteiger partial charge in [0, 0.05) is 25.0 Å². The Morgan fingerprint density at radius 1 is 0.842 bits per heavy atom. The van der Waals surface area contributed by atoms with Crippen LogP contribution in [0.2, 0.25) is 0 Å². The number of benzene rings is 2. The summed E-state index contributed by atoms with van der Waals surface area (Å²) in [4.78, 5) is 6.91. The molecule has 0 saturated carbocycles. The standard InChI is InChI=1S/C17H18N2/c1-2-6-16(7-3-1)18-14-15-8-10-17(11-9-15)19-12-4-5-13-19/h1-3,6-11,14H,4-5,12-13H2. The second kappa shape index (κ2) is 5.70. The van der Waals surface area contributed by atoms with E-state index in [2.05, 4.69) is 34.2 Å². The average Bonchev–Trinajstić information content (AvgIpc) is 3.01. The molecule has 2 aromatic rings. The van der Waals surface area contributed by atoms with Crippen molar-refractivity contribution in [2.45, 2.75) is 12.8 Å². The lowest BCUT2D eigenvalue weighted by Gasteiger charge is -2.17. The summed E-state index contributed by atoms with van der Waals surface area (Å²) in [5.41, 5.74) is 3.47. The highest BCUT2D eigenvalue weighted by Crippen LogP contribution is 2.20. The first-order chi connectivity index (χ1) is 9.42. The van der Waals surface area contributed by atoms with E-state index in [1.165, 1.54) is 31.6 Å². The van der Waals surface area contributed by atoms with Crippen molar-refractivity contribution < 1.29 is 0 Å². The minimum absolute atomic E-state index is 0.992. The first kappa shape index (κ1) is 12.0. The van der Waals surface area contributed by atoms with E-state index < -0.39 is 0 Å². The molecule has 0 radical (unpaired) electrons. The van der Waals surface area contributed by atoms with Crippen LogP contribution >= 0.6 is 0 Å². The lowest BCUT2D eigenvalue weighted by Crippen LogP contribution is -2.17. The summed E-state index contributed by atoms with van der Waals surface area (Å²) in [5.74, 6) is 0. The van der Waals surface area contributed by atoms with E-state index in [1.807, 2.05) is 36.5 Å². The molecule has 2 heteroatoms. The van der Waals surface area contributed by atoms with Gasteiger partial charge in [-0.25, -0.2) is 0 Å². The maximum Gasteiger partial charge on any atom is 0.0629 e. The third-order valence-electron chi connectivity index (χ3n) is 3.48. The Bertz CT molecular complexity index is 537. The molecule has 0 N–H and O–H groups in total. The Morgan fingerprint density at radius 2 is 1.53 bits per heavy atom. The molecule has 0 aromatic heterocycles. The second-order valence-corrected chi connectivity index (χ2v) is 4.88. The van der Waals surface area contributed by atoms with E-state index >= 15 is 0 Å². The average molecular weight is 250 g/mol. The number of aliphatic imine (C=N–C) groups is 1. The van der Waals surface area contributed by atoms with Crippen molar-refractivity contribution in [3.8, 4) is 0 Å². The van der Waals surface area contributed by atoms with Crippen LogP contribution in [-0.4, -0.2) is 19.3 Å². The zero-order valence-electron chi connectivity index (χ0n) is 11.0. The van der Waals surface area contributed by atoms with Crippen LogP contribution in [0.5, 0.6) is 0 Å². The van der Waals surface area contributed by atoms with Crippen LogP contribution in [0.4, 0.5) is 11.4 Å². The molecule has 19 heavy (non-hydrogen) atoms. The van der Waals surface area contributed by atoms with Gasteiger partial charge < -0.3 is 4.90 Å². The predicted molar refractivity (Wildman–Crippen MR) is 81.6 cm³/mol. The van der Waals surface area contributed by atoms with Gasteiger partial charge in [0.1, 0.15) is 0 Å². The molecule has 2 aromatic carbocycles. The van der Waals surface area contributed by atoms with E-state index in [9.17, 15) is 0 Å². The molecule has 0 unspecified atom stereocenters. The van der Waals surface area contributed by atoms with Gasteiger partial charge in [-0.2, -0.15) is 0 Å². The summed E-state index contributed by atoms with van der Waals surface area (Å²) >= 11 is 0. The van der Waals surface area contributed by atoms with Gasteiger partial charge in [0.2, 0.25) is 0 Å². The van der Waals surface area contributed by atoms with Crippen molar-refractivity contribution in [1.82, 2.24) is 0 Å². The Labute approximate surface area is 114 Å². The molecule has 96 valence electrons. The van der Waals surface area contributed by atoms with Crippen molar-refractivity contribution in [2.75, 3.05) is 18.0 Å². The monoisotopic (exact) mass is 250 g/mol. The normalized spacial score (nSPS) is 15.3. The maximum atomic E-state index is 4.47.